The van der Waals surface area contributed by atoms with Crippen LogP contribution >= 0.6 is 11.8 Å². The molecule has 0 saturated heterocycles. The Morgan fingerprint density at radius 1 is 1.19 bits per heavy atom. The summed E-state index contributed by atoms with van der Waals surface area (Å²) in [5, 5.41) is 13.2. The number of carbonyl (C=O) groups excluding carboxylic acids is 1. The minimum absolute atomic E-state index is 0.00708. The van der Waals surface area contributed by atoms with Gasteiger partial charge in [0.1, 0.15) is 11.6 Å². The summed E-state index contributed by atoms with van der Waals surface area (Å²) in [5.41, 5.74) is 2.79. The molecule has 32 heavy (non-hydrogen) atoms. The van der Waals surface area contributed by atoms with Gasteiger partial charge in [-0.25, -0.2) is 4.39 Å². The fraction of sp³-hybridized carbons (Fsp3) is 0.304. The van der Waals surface area contributed by atoms with Crippen molar-refractivity contribution in [2.24, 2.45) is 0 Å². The largest absolute Gasteiger partial charge is 0.360 e. The molecule has 9 heteroatoms. The van der Waals surface area contributed by atoms with E-state index >= 15 is 0 Å². The number of nitrogens with zero attached hydrogens (tertiary/aromatic N) is 5. The van der Waals surface area contributed by atoms with Crippen LogP contribution in [0.5, 0.6) is 0 Å². The van der Waals surface area contributed by atoms with Crippen LogP contribution in [0.2, 0.25) is 0 Å². The van der Waals surface area contributed by atoms with Gasteiger partial charge >= 0.3 is 0 Å². The highest BCUT2D eigenvalue weighted by Gasteiger charge is 2.31. The van der Waals surface area contributed by atoms with Crippen LogP contribution in [-0.2, 0) is 0 Å². The van der Waals surface area contributed by atoms with Gasteiger partial charge in [0.2, 0.25) is 0 Å². The number of rotatable bonds is 7. The first kappa shape index (κ1) is 20.7. The molecule has 0 atom stereocenters. The highest BCUT2D eigenvalue weighted by atomic mass is 32.2. The third-order valence-corrected chi connectivity index (χ3v) is 6.54. The molecule has 3 heterocycles. The molecule has 0 bridgehead atoms. The molecule has 0 amide bonds. The molecule has 3 aromatic heterocycles. The van der Waals surface area contributed by atoms with Crippen molar-refractivity contribution in [3.63, 3.8) is 0 Å². The van der Waals surface area contributed by atoms with Crippen molar-refractivity contribution in [3.8, 4) is 17.2 Å². The maximum absolute atomic E-state index is 14.4. The second-order valence-electron chi connectivity index (χ2n) is 8.02. The number of carbonyl (C=O) groups is 1. The van der Waals surface area contributed by atoms with Gasteiger partial charge < -0.3 is 4.52 Å². The average Bonchev–Trinajstić information content (AvgIpc) is 3.26. The monoisotopic (exact) mass is 451 g/mol. The van der Waals surface area contributed by atoms with Crippen molar-refractivity contribution in [1.29, 1.82) is 0 Å². The first-order chi connectivity index (χ1) is 15.4. The van der Waals surface area contributed by atoms with E-state index in [-0.39, 0.29) is 23.4 Å². The average molecular weight is 452 g/mol. The van der Waals surface area contributed by atoms with Crippen molar-refractivity contribution in [2.45, 2.75) is 44.8 Å². The van der Waals surface area contributed by atoms with E-state index in [1.165, 1.54) is 17.8 Å². The van der Waals surface area contributed by atoms with Crippen LogP contribution in [0.25, 0.3) is 17.2 Å². The van der Waals surface area contributed by atoms with E-state index in [2.05, 4.69) is 15.4 Å². The number of aromatic nitrogens is 5. The van der Waals surface area contributed by atoms with E-state index < -0.39 is 0 Å². The molecule has 1 saturated carbocycles. The molecule has 1 aromatic carbocycles. The third kappa shape index (κ3) is 3.66. The first-order valence-electron chi connectivity index (χ1n) is 10.4. The number of halogens is 1. The van der Waals surface area contributed by atoms with Gasteiger partial charge in [0.05, 0.1) is 11.3 Å². The molecular weight excluding hydrogens is 429 g/mol. The van der Waals surface area contributed by atoms with Gasteiger partial charge in [0, 0.05) is 29.1 Å². The lowest BCUT2D eigenvalue weighted by Crippen LogP contribution is -2.07. The summed E-state index contributed by atoms with van der Waals surface area (Å²) >= 11 is 1.34. The van der Waals surface area contributed by atoms with Crippen LogP contribution in [0.4, 0.5) is 4.39 Å². The maximum atomic E-state index is 14.4. The molecular formula is C23H22FN5O2S. The summed E-state index contributed by atoms with van der Waals surface area (Å²) in [5.74, 6) is 1.76. The number of ketones is 1. The van der Waals surface area contributed by atoms with Gasteiger partial charge in [-0.15, -0.1) is 10.2 Å². The van der Waals surface area contributed by atoms with Crippen LogP contribution in [0, 0.1) is 26.6 Å². The lowest BCUT2D eigenvalue weighted by Gasteiger charge is -2.09. The second kappa shape index (κ2) is 8.05. The summed E-state index contributed by atoms with van der Waals surface area (Å²) in [6.07, 6.45) is 2.00. The SMILES string of the molecule is Cc1cc(-n2c(C)cc(C(=O)CSc3nnc(-c4ccccc4F)n3C3CC3)c2C)no1. The number of hydrogen-bond acceptors (Lipinski definition) is 6. The van der Waals surface area contributed by atoms with E-state index in [1.54, 1.807) is 18.2 Å². The molecule has 4 aromatic rings. The minimum atomic E-state index is -0.329. The van der Waals surface area contributed by atoms with Crippen LogP contribution < -0.4 is 0 Å². The molecule has 1 aliphatic rings. The Labute approximate surface area is 188 Å². The summed E-state index contributed by atoms with van der Waals surface area (Å²) in [6.45, 7) is 5.67. The van der Waals surface area contributed by atoms with Crippen molar-refractivity contribution in [2.75, 3.05) is 5.75 Å². The number of benzene rings is 1. The third-order valence-electron chi connectivity index (χ3n) is 5.60. The lowest BCUT2D eigenvalue weighted by molar-refractivity contribution is 0.102. The van der Waals surface area contributed by atoms with E-state index in [0.717, 1.165) is 24.2 Å². The van der Waals surface area contributed by atoms with E-state index in [0.29, 0.717) is 33.7 Å². The molecule has 1 aliphatic carbocycles. The van der Waals surface area contributed by atoms with Crippen LogP contribution in [-0.4, -0.2) is 36.0 Å². The van der Waals surface area contributed by atoms with Crippen LogP contribution in [0.15, 0.2) is 46.1 Å². The summed E-state index contributed by atoms with van der Waals surface area (Å²) in [7, 11) is 0. The number of thioether (sulfide) groups is 1. The van der Waals surface area contributed by atoms with Crippen LogP contribution in [0.3, 0.4) is 0 Å². The Kier molecular flexibility index (Phi) is 5.21. The van der Waals surface area contributed by atoms with E-state index in [4.69, 9.17) is 4.52 Å². The Balaban J connectivity index is 1.39. The Morgan fingerprint density at radius 3 is 2.66 bits per heavy atom. The second-order valence-corrected chi connectivity index (χ2v) is 8.96. The Hall–Kier alpha value is -3.20. The summed E-state index contributed by atoms with van der Waals surface area (Å²) < 4.78 is 23.4. The highest BCUT2D eigenvalue weighted by Crippen LogP contribution is 2.41. The maximum Gasteiger partial charge on any atom is 0.192 e. The van der Waals surface area contributed by atoms with Gasteiger partial charge in [-0.2, -0.15) is 0 Å². The van der Waals surface area contributed by atoms with Gasteiger partial charge in [-0.3, -0.25) is 13.9 Å². The summed E-state index contributed by atoms with van der Waals surface area (Å²) in [4.78, 5) is 13.1. The van der Waals surface area contributed by atoms with Gasteiger partial charge in [-0.1, -0.05) is 29.1 Å². The Bertz CT molecular complexity index is 1320. The van der Waals surface area contributed by atoms with Crippen molar-refractivity contribution in [1.82, 2.24) is 24.5 Å². The zero-order valence-electron chi connectivity index (χ0n) is 18.0. The minimum Gasteiger partial charge on any atom is -0.360 e. The summed E-state index contributed by atoms with van der Waals surface area (Å²) in [6, 6.07) is 10.5. The molecule has 0 unspecified atom stereocenters. The topological polar surface area (TPSA) is 78.7 Å². The molecule has 0 spiro atoms. The zero-order chi connectivity index (χ0) is 22.4. The predicted octanol–water partition coefficient (Wildman–Crippen LogP) is 5.10. The molecule has 164 valence electrons. The van der Waals surface area contributed by atoms with Crippen molar-refractivity contribution < 1.29 is 13.7 Å². The fourth-order valence-corrected chi connectivity index (χ4v) is 4.82. The molecule has 5 rings (SSSR count). The normalized spacial score (nSPS) is 13.6. The number of Topliss-reactive ketones (excluding diaryl/α,β-unsaturated/α-hetero) is 1. The zero-order valence-corrected chi connectivity index (χ0v) is 18.8. The highest BCUT2D eigenvalue weighted by molar-refractivity contribution is 7.99. The fourth-order valence-electron chi connectivity index (χ4n) is 3.93. The standard InChI is InChI=1S/C23H22FN5O2S/c1-13-10-18(15(3)28(13)21-11-14(2)31-27-21)20(30)12-32-23-26-25-22(29(23)16-8-9-16)17-6-4-5-7-19(17)24/h4-7,10-11,16H,8-9,12H2,1-3H3. The van der Waals surface area contributed by atoms with Crippen LogP contribution in [0.1, 0.15) is 46.4 Å². The van der Waals surface area contributed by atoms with Crippen molar-refractivity contribution in [3.05, 3.63) is 64.9 Å². The van der Waals surface area contributed by atoms with Crippen molar-refractivity contribution >= 4 is 17.5 Å². The molecule has 0 N–H and O–H groups in total. The van der Waals surface area contributed by atoms with Gasteiger partial charge in [0.15, 0.2) is 22.6 Å². The first-order valence-corrected chi connectivity index (χ1v) is 11.4. The van der Waals surface area contributed by atoms with E-state index in [9.17, 15) is 9.18 Å². The quantitative estimate of drug-likeness (QED) is 0.287. The molecule has 7 nitrogen and oxygen atoms in total. The Morgan fingerprint density at radius 2 is 1.97 bits per heavy atom. The number of hydrogen-bond donors (Lipinski definition) is 0. The number of aryl methyl sites for hydroxylation is 2. The predicted molar refractivity (Wildman–Crippen MR) is 119 cm³/mol. The molecule has 1 fully saturated rings. The molecule has 0 radical (unpaired) electrons. The lowest BCUT2D eigenvalue weighted by atomic mass is 10.2. The van der Waals surface area contributed by atoms with E-state index in [1.807, 2.05) is 42.0 Å². The van der Waals surface area contributed by atoms with Gasteiger partial charge in [0.25, 0.3) is 0 Å². The smallest absolute Gasteiger partial charge is 0.192 e. The molecule has 0 aliphatic heterocycles. The van der Waals surface area contributed by atoms with Gasteiger partial charge in [-0.05, 0) is 51.8 Å².